The van der Waals surface area contributed by atoms with Gasteiger partial charge >= 0.3 is 0 Å². The normalized spacial score (nSPS) is 13.3. The smallest absolute Gasteiger partial charge is 0.220 e. The van der Waals surface area contributed by atoms with Gasteiger partial charge in [-0.05, 0) is 93.4 Å². The molecule has 0 aliphatic carbocycles. The van der Waals surface area contributed by atoms with E-state index in [4.69, 9.17) is 9.47 Å². The molecule has 33 heavy (non-hydrogen) atoms. The number of nitrogens with one attached hydrogen (secondary N) is 2. The van der Waals surface area contributed by atoms with Crippen LogP contribution in [0.1, 0.15) is 121 Å². The number of hydrogen-bond acceptors (Lipinski definition) is 4. The molecule has 0 aliphatic rings. The van der Waals surface area contributed by atoms with Crippen LogP contribution in [0.4, 0.5) is 0 Å². The molecule has 0 aromatic heterocycles. The molecule has 0 saturated carbocycles. The quantitative estimate of drug-likeness (QED) is 0.264. The summed E-state index contributed by atoms with van der Waals surface area (Å²) in [5.74, 6) is 0.526. The highest BCUT2D eigenvalue weighted by Crippen LogP contribution is 2.25. The van der Waals surface area contributed by atoms with Crippen molar-refractivity contribution in [3.8, 4) is 0 Å². The maximum atomic E-state index is 12.1. The first-order valence-electron chi connectivity index (χ1n) is 12.8. The molecule has 0 bridgehead atoms. The van der Waals surface area contributed by atoms with Crippen LogP contribution in [0.2, 0.25) is 0 Å². The Kier molecular flexibility index (Phi) is 13.2. The van der Waals surface area contributed by atoms with Gasteiger partial charge in [0.1, 0.15) is 0 Å². The van der Waals surface area contributed by atoms with E-state index in [1.165, 1.54) is 0 Å². The summed E-state index contributed by atoms with van der Waals surface area (Å²) in [6.07, 6.45) is 5.55. The minimum atomic E-state index is -0.306. The third-order valence-electron chi connectivity index (χ3n) is 5.38. The fourth-order valence-electron chi connectivity index (χ4n) is 4.66. The molecule has 0 aliphatic heterocycles. The zero-order valence-electron chi connectivity index (χ0n) is 23.6. The lowest BCUT2D eigenvalue weighted by atomic mass is 9.89. The van der Waals surface area contributed by atoms with Gasteiger partial charge in [-0.3, -0.25) is 9.59 Å². The van der Waals surface area contributed by atoms with Crippen LogP contribution in [0.5, 0.6) is 0 Å². The Balaban J connectivity index is 4.21. The average molecular weight is 471 g/mol. The Labute approximate surface area is 204 Å². The average Bonchev–Trinajstić information content (AvgIpc) is 2.56. The van der Waals surface area contributed by atoms with Crippen molar-refractivity contribution in [1.29, 1.82) is 0 Å². The summed E-state index contributed by atoms with van der Waals surface area (Å²) in [5.41, 5.74) is -1.20. The molecule has 0 radical (unpaired) electrons. The molecule has 0 atom stereocenters. The Morgan fingerprint density at radius 2 is 1.09 bits per heavy atom. The number of ether oxygens (including phenoxy) is 2. The summed E-state index contributed by atoms with van der Waals surface area (Å²) in [6.45, 7) is 23.9. The molecular formula is C27H54N2O4. The monoisotopic (exact) mass is 470 g/mol. The Hall–Kier alpha value is -1.14. The standard InChI is InChI=1S/C27H54N2O4/c1-12-22(30)28-24(4,5)19-26(8,9)32-16-14-13-15-17-33-27(10,11)20-25(6,7)29-23(31)18-21(2)3/h21H,12-20H2,1-11H3,(H,28,30)(H,29,31). The van der Waals surface area contributed by atoms with Crippen molar-refractivity contribution >= 4 is 11.8 Å². The van der Waals surface area contributed by atoms with Gasteiger partial charge in [0.05, 0.1) is 11.2 Å². The number of carbonyl (C=O) groups is 2. The van der Waals surface area contributed by atoms with Gasteiger partial charge in [-0.25, -0.2) is 0 Å². The number of unbranched alkanes of at least 4 members (excludes halogenated alkanes) is 2. The maximum Gasteiger partial charge on any atom is 0.220 e. The molecule has 0 spiro atoms. The van der Waals surface area contributed by atoms with Crippen LogP contribution >= 0.6 is 0 Å². The summed E-state index contributed by atoms with van der Waals surface area (Å²) in [5, 5.41) is 6.22. The van der Waals surface area contributed by atoms with Gasteiger partial charge in [0.25, 0.3) is 0 Å². The molecule has 0 aromatic carbocycles. The van der Waals surface area contributed by atoms with Crippen LogP contribution < -0.4 is 10.6 Å². The molecule has 2 N–H and O–H groups in total. The lowest BCUT2D eigenvalue weighted by molar-refractivity contribution is -0.125. The second-order valence-electron chi connectivity index (χ2n) is 12.4. The van der Waals surface area contributed by atoms with Crippen molar-refractivity contribution in [2.75, 3.05) is 13.2 Å². The molecule has 0 aromatic rings. The fourth-order valence-corrected chi connectivity index (χ4v) is 4.66. The van der Waals surface area contributed by atoms with Crippen LogP contribution in [0.25, 0.3) is 0 Å². The third-order valence-corrected chi connectivity index (χ3v) is 5.38. The van der Waals surface area contributed by atoms with Crippen molar-refractivity contribution < 1.29 is 19.1 Å². The minimum Gasteiger partial charge on any atom is -0.375 e. The van der Waals surface area contributed by atoms with Gasteiger partial charge < -0.3 is 20.1 Å². The van der Waals surface area contributed by atoms with E-state index in [0.29, 0.717) is 32.0 Å². The highest BCUT2D eigenvalue weighted by molar-refractivity contribution is 5.77. The Morgan fingerprint density at radius 3 is 1.45 bits per heavy atom. The molecule has 196 valence electrons. The van der Waals surface area contributed by atoms with E-state index >= 15 is 0 Å². The number of carbonyl (C=O) groups excluding carboxylic acids is 2. The summed E-state index contributed by atoms with van der Waals surface area (Å²) in [4.78, 5) is 23.9. The number of amides is 2. The first-order chi connectivity index (χ1) is 14.9. The maximum absolute atomic E-state index is 12.1. The van der Waals surface area contributed by atoms with E-state index in [9.17, 15) is 9.59 Å². The van der Waals surface area contributed by atoms with Crippen LogP contribution in [0.15, 0.2) is 0 Å². The van der Waals surface area contributed by atoms with E-state index in [1.54, 1.807) is 0 Å². The van der Waals surface area contributed by atoms with Gasteiger partial charge in [0.2, 0.25) is 11.8 Å². The van der Waals surface area contributed by atoms with Crippen molar-refractivity contribution in [2.45, 2.75) is 143 Å². The van der Waals surface area contributed by atoms with E-state index in [0.717, 1.165) is 32.1 Å². The van der Waals surface area contributed by atoms with Crippen molar-refractivity contribution in [3.05, 3.63) is 0 Å². The second-order valence-corrected chi connectivity index (χ2v) is 12.4. The zero-order valence-corrected chi connectivity index (χ0v) is 23.6. The van der Waals surface area contributed by atoms with E-state index in [1.807, 2.05) is 20.8 Å². The molecule has 0 fully saturated rings. The largest absolute Gasteiger partial charge is 0.375 e. The van der Waals surface area contributed by atoms with Gasteiger partial charge in [-0.15, -0.1) is 0 Å². The summed E-state index contributed by atoms with van der Waals surface area (Å²) in [7, 11) is 0. The third kappa shape index (κ3) is 17.0. The molecule has 6 nitrogen and oxygen atoms in total. The molecule has 0 unspecified atom stereocenters. The predicted molar refractivity (Wildman–Crippen MR) is 137 cm³/mol. The molecular weight excluding hydrogens is 416 g/mol. The molecule has 6 heteroatoms. The van der Waals surface area contributed by atoms with Crippen LogP contribution in [-0.4, -0.2) is 47.3 Å². The van der Waals surface area contributed by atoms with Crippen LogP contribution in [0.3, 0.4) is 0 Å². The lowest BCUT2D eigenvalue weighted by Gasteiger charge is -2.36. The SMILES string of the molecule is CCC(=O)NC(C)(C)CC(C)(C)OCCCCCOC(C)(C)CC(C)(C)NC(=O)CC(C)C. The van der Waals surface area contributed by atoms with Gasteiger partial charge in [-0.1, -0.05) is 20.8 Å². The first-order valence-corrected chi connectivity index (χ1v) is 12.8. The predicted octanol–water partition coefficient (Wildman–Crippen LogP) is 5.77. The first kappa shape index (κ1) is 31.9. The van der Waals surface area contributed by atoms with Crippen molar-refractivity contribution in [3.63, 3.8) is 0 Å². The highest BCUT2D eigenvalue weighted by Gasteiger charge is 2.31. The van der Waals surface area contributed by atoms with E-state index < -0.39 is 0 Å². The van der Waals surface area contributed by atoms with Gasteiger partial charge in [-0.2, -0.15) is 0 Å². The second kappa shape index (κ2) is 13.7. The van der Waals surface area contributed by atoms with Crippen LogP contribution in [-0.2, 0) is 19.1 Å². The number of hydrogen-bond donors (Lipinski definition) is 2. The van der Waals surface area contributed by atoms with Crippen LogP contribution in [0, 0.1) is 5.92 Å². The van der Waals surface area contributed by atoms with Crippen molar-refractivity contribution in [1.82, 2.24) is 10.6 Å². The zero-order chi connectivity index (χ0) is 25.9. The Bertz CT molecular complexity index is 595. The molecule has 0 saturated heterocycles. The molecule has 0 heterocycles. The topological polar surface area (TPSA) is 76.7 Å². The van der Waals surface area contributed by atoms with E-state index in [2.05, 4.69) is 66.0 Å². The molecule has 2 amide bonds. The summed E-state index contributed by atoms with van der Waals surface area (Å²) >= 11 is 0. The van der Waals surface area contributed by atoms with E-state index in [-0.39, 0.29) is 34.1 Å². The molecule has 0 rings (SSSR count). The van der Waals surface area contributed by atoms with Crippen molar-refractivity contribution in [2.24, 2.45) is 5.92 Å². The minimum absolute atomic E-state index is 0.0695. The highest BCUT2D eigenvalue weighted by atomic mass is 16.5. The Morgan fingerprint density at radius 1 is 0.697 bits per heavy atom. The number of rotatable bonds is 17. The van der Waals surface area contributed by atoms with Gasteiger partial charge in [0.15, 0.2) is 0 Å². The fraction of sp³-hybridized carbons (Fsp3) is 0.926. The van der Waals surface area contributed by atoms with Gasteiger partial charge in [0, 0.05) is 37.1 Å². The summed E-state index contributed by atoms with van der Waals surface area (Å²) in [6, 6.07) is 0. The lowest BCUT2D eigenvalue weighted by Crippen LogP contribution is -2.48. The summed E-state index contributed by atoms with van der Waals surface area (Å²) < 4.78 is 12.3.